The first kappa shape index (κ1) is 21.3. The number of carbonyl (C=O) groups excluding carboxylic acids is 1. The molecule has 2 aromatic rings. The molecular weight excluding hydrogens is 480 g/mol. The highest BCUT2D eigenvalue weighted by molar-refractivity contribution is 9.10. The SMILES string of the molecule is CCC1=NN2C(=N)/C(=C/c3ccc(OCCOc4ccc(Br)cc4)cc3)C(=O)N=C2S1. The Morgan fingerprint density at radius 1 is 1.06 bits per heavy atom. The summed E-state index contributed by atoms with van der Waals surface area (Å²) in [7, 11) is 0. The smallest absolute Gasteiger partial charge is 0.283 e. The predicted octanol–water partition coefficient (Wildman–Crippen LogP) is 4.94. The number of ether oxygens (including phenoxy) is 2. The number of amidine groups is 2. The van der Waals surface area contributed by atoms with E-state index in [-0.39, 0.29) is 11.4 Å². The zero-order valence-corrected chi connectivity index (χ0v) is 19.1. The van der Waals surface area contributed by atoms with Crippen molar-refractivity contribution in [1.29, 1.82) is 5.41 Å². The number of halogens is 1. The molecular formula is C22H19BrN4O3S. The molecule has 1 amide bonds. The number of nitrogens with one attached hydrogen (secondary N) is 1. The van der Waals surface area contributed by atoms with Gasteiger partial charge in [-0.05, 0) is 66.2 Å². The van der Waals surface area contributed by atoms with Crippen molar-refractivity contribution >= 4 is 55.7 Å². The maximum absolute atomic E-state index is 12.4. The molecule has 0 aliphatic carbocycles. The first-order chi connectivity index (χ1) is 15.0. The van der Waals surface area contributed by atoms with Gasteiger partial charge in [0.05, 0.1) is 5.57 Å². The number of nitrogens with zero attached hydrogens (tertiary/aromatic N) is 3. The van der Waals surface area contributed by atoms with Crippen LogP contribution in [-0.4, -0.2) is 40.2 Å². The van der Waals surface area contributed by atoms with Crippen molar-refractivity contribution in [1.82, 2.24) is 5.01 Å². The molecule has 9 heteroatoms. The van der Waals surface area contributed by atoms with E-state index in [0.29, 0.717) is 24.1 Å². The third-order valence-corrected chi connectivity index (χ3v) is 6.01. The van der Waals surface area contributed by atoms with E-state index in [1.807, 2.05) is 55.5 Å². The molecule has 0 saturated carbocycles. The molecule has 158 valence electrons. The van der Waals surface area contributed by atoms with Crippen molar-refractivity contribution in [2.45, 2.75) is 13.3 Å². The first-order valence-electron chi connectivity index (χ1n) is 9.64. The zero-order valence-electron chi connectivity index (χ0n) is 16.7. The third kappa shape index (κ3) is 5.05. The molecule has 0 fully saturated rings. The Kier molecular flexibility index (Phi) is 6.53. The highest BCUT2D eigenvalue weighted by Crippen LogP contribution is 2.29. The van der Waals surface area contributed by atoms with Crippen LogP contribution in [0.25, 0.3) is 6.08 Å². The van der Waals surface area contributed by atoms with Crippen molar-refractivity contribution in [3.63, 3.8) is 0 Å². The lowest BCUT2D eigenvalue weighted by Gasteiger charge is -2.20. The molecule has 2 aromatic carbocycles. The molecule has 0 spiro atoms. The Morgan fingerprint density at radius 2 is 1.68 bits per heavy atom. The summed E-state index contributed by atoms with van der Waals surface area (Å²) in [6.07, 6.45) is 2.38. The van der Waals surface area contributed by atoms with Gasteiger partial charge in [-0.15, -0.1) is 0 Å². The normalized spacial score (nSPS) is 16.8. The van der Waals surface area contributed by atoms with Crippen molar-refractivity contribution in [2.24, 2.45) is 10.1 Å². The Hall–Kier alpha value is -2.91. The maximum Gasteiger partial charge on any atom is 0.283 e. The summed E-state index contributed by atoms with van der Waals surface area (Å²) in [5.74, 6) is 1.09. The van der Waals surface area contributed by atoms with Gasteiger partial charge in [-0.2, -0.15) is 15.1 Å². The summed E-state index contributed by atoms with van der Waals surface area (Å²) in [4.78, 5) is 16.5. The van der Waals surface area contributed by atoms with Gasteiger partial charge in [-0.1, -0.05) is 35.0 Å². The number of rotatable bonds is 7. The summed E-state index contributed by atoms with van der Waals surface area (Å²) >= 11 is 4.72. The molecule has 0 radical (unpaired) electrons. The summed E-state index contributed by atoms with van der Waals surface area (Å²) in [5, 5.41) is 15.4. The second-order valence-corrected chi connectivity index (χ2v) is 8.54. The minimum atomic E-state index is -0.429. The molecule has 0 saturated heterocycles. The lowest BCUT2D eigenvalue weighted by Crippen LogP contribution is -2.35. The van der Waals surface area contributed by atoms with E-state index in [9.17, 15) is 4.79 Å². The number of carbonyl (C=O) groups is 1. The fraction of sp³-hybridized carbons (Fsp3) is 0.182. The second kappa shape index (κ2) is 9.49. The van der Waals surface area contributed by atoms with Gasteiger partial charge in [-0.3, -0.25) is 10.2 Å². The van der Waals surface area contributed by atoms with Crippen molar-refractivity contribution in [3.05, 3.63) is 64.1 Å². The molecule has 0 atom stereocenters. The van der Waals surface area contributed by atoms with Gasteiger partial charge in [0, 0.05) is 4.47 Å². The van der Waals surface area contributed by atoms with Crippen LogP contribution in [0.1, 0.15) is 18.9 Å². The lowest BCUT2D eigenvalue weighted by atomic mass is 10.1. The summed E-state index contributed by atoms with van der Waals surface area (Å²) < 4.78 is 12.3. The van der Waals surface area contributed by atoms with Crippen LogP contribution >= 0.6 is 27.7 Å². The van der Waals surface area contributed by atoms with Crippen LogP contribution in [-0.2, 0) is 4.79 Å². The van der Waals surface area contributed by atoms with Gasteiger partial charge < -0.3 is 9.47 Å². The van der Waals surface area contributed by atoms with E-state index in [2.05, 4.69) is 26.0 Å². The molecule has 2 heterocycles. The highest BCUT2D eigenvalue weighted by atomic mass is 79.9. The molecule has 2 aliphatic rings. The van der Waals surface area contributed by atoms with Gasteiger partial charge in [-0.25, -0.2) is 0 Å². The van der Waals surface area contributed by atoms with Crippen LogP contribution in [0.5, 0.6) is 11.5 Å². The number of benzene rings is 2. The number of hydrogen-bond acceptors (Lipinski definition) is 6. The van der Waals surface area contributed by atoms with Crippen molar-refractivity contribution in [2.75, 3.05) is 13.2 Å². The van der Waals surface area contributed by atoms with Crippen LogP contribution in [0.2, 0.25) is 0 Å². The van der Waals surface area contributed by atoms with Gasteiger partial charge in [0.1, 0.15) is 29.8 Å². The number of hydrogen-bond donors (Lipinski definition) is 1. The van der Waals surface area contributed by atoms with E-state index in [0.717, 1.165) is 27.3 Å². The average Bonchev–Trinajstić information content (AvgIpc) is 3.20. The second-order valence-electron chi connectivity index (χ2n) is 6.59. The number of amides is 1. The van der Waals surface area contributed by atoms with E-state index < -0.39 is 5.91 Å². The van der Waals surface area contributed by atoms with Gasteiger partial charge in [0.25, 0.3) is 5.91 Å². The minimum absolute atomic E-state index is 0.0383. The molecule has 0 aromatic heterocycles. The molecule has 0 bridgehead atoms. The zero-order chi connectivity index (χ0) is 21.8. The number of hydrazone groups is 1. The van der Waals surface area contributed by atoms with Crippen molar-refractivity contribution in [3.8, 4) is 11.5 Å². The standard InChI is InChI=1S/C22H19BrN4O3S/c1-2-19-26-27-20(24)18(21(28)25-22(27)31-19)13-14-3-7-16(8-4-14)29-11-12-30-17-9-5-15(23)6-10-17/h3-10,13,24H,2,11-12H2,1H3/b18-13-,24-20?. The number of thioether (sulfide) groups is 1. The quantitative estimate of drug-likeness (QED) is 0.431. The molecule has 4 rings (SSSR count). The van der Waals surface area contributed by atoms with Gasteiger partial charge >= 0.3 is 0 Å². The van der Waals surface area contributed by atoms with Crippen LogP contribution in [0, 0.1) is 5.41 Å². The largest absolute Gasteiger partial charge is 0.490 e. The maximum atomic E-state index is 12.4. The van der Waals surface area contributed by atoms with Crippen LogP contribution in [0.15, 0.2) is 68.7 Å². The van der Waals surface area contributed by atoms with E-state index in [1.165, 1.54) is 16.8 Å². The minimum Gasteiger partial charge on any atom is -0.490 e. The average molecular weight is 499 g/mol. The third-order valence-electron chi connectivity index (χ3n) is 4.42. The van der Waals surface area contributed by atoms with Crippen molar-refractivity contribution < 1.29 is 14.3 Å². The fourth-order valence-corrected chi connectivity index (χ4v) is 3.94. The van der Waals surface area contributed by atoms with E-state index in [4.69, 9.17) is 14.9 Å². The van der Waals surface area contributed by atoms with E-state index in [1.54, 1.807) is 6.08 Å². The summed E-state index contributed by atoms with van der Waals surface area (Å²) in [6.45, 7) is 2.80. The first-order valence-corrected chi connectivity index (χ1v) is 11.2. The Morgan fingerprint density at radius 3 is 2.29 bits per heavy atom. The number of fused-ring (bicyclic) bond motifs is 1. The van der Waals surface area contributed by atoms with Crippen LogP contribution < -0.4 is 9.47 Å². The molecule has 0 unspecified atom stereocenters. The highest BCUT2D eigenvalue weighted by Gasteiger charge is 2.34. The Labute approximate surface area is 192 Å². The lowest BCUT2D eigenvalue weighted by molar-refractivity contribution is -0.114. The fourth-order valence-electron chi connectivity index (χ4n) is 2.85. The molecule has 1 N–H and O–H groups in total. The number of aliphatic imine (C=N–C) groups is 1. The van der Waals surface area contributed by atoms with Gasteiger partial charge in [0.2, 0.25) is 5.17 Å². The molecule has 2 aliphatic heterocycles. The summed E-state index contributed by atoms with van der Waals surface area (Å²) in [5.41, 5.74) is 0.985. The van der Waals surface area contributed by atoms with Crippen LogP contribution in [0.4, 0.5) is 0 Å². The molecule has 31 heavy (non-hydrogen) atoms. The summed E-state index contributed by atoms with van der Waals surface area (Å²) in [6, 6.07) is 14.9. The monoisotopic (exact) mass is 498 g/mol. The Bertz CT molecular complexity index is 1090. The predicted molar refractivity (Wildman–Crippen MR) is 127 cm³/mol. The molecule has 7 nitrogen and oxygen atoms in total. The van der Waals surface area contributed by atoms with Gasteiger partial charge in [0.15, 0.2) is 5.84 Å². The topological polar surface area (TPSA) is 87.3 Å². The van der Waals surface area contributed by atoms with Crippen LogP contribution in [0.3, 0.4) is 0 Å². The van der Waals surface area contributed by atoms with E-state index >= 15 is 0 Å². The Balaban J connectivity index is 1.35.